The molecular weight excluding hydrogens is 372 g/mol. The van der Waals surface area contributed by atoms with Crippen molar-refractivity contribution in [1.29, 1.82) is 0 Å². The highest BCUT2D eigenvalue weighted by molar-refractivity contribution is 5.24. The summed E-state index contributed by atoms with van der Waals surface area (Å²) >= 11 is 0. The van der Waals surface area contributed by atoms with Crippen molar-refractivity contribution in [3.8, 4) is 0 Å². The van der Waals surface area contributed by atoms with Gasteiger partial charge in [-0.1, -0.05) is 60.7 Å². The molecule has 0 amide bonds. The number of allylic oxidation sites excluding steroid dienone is 1. The van der Waals surface area contributed by atoms with Gasteiger partial charge >= 0.3 is 0 Å². The van der Waals surface area contributed by atoms with Crippen LogP contribution in [0, 0.1) is 12.0 Å². The Bertz CT molecular complexity index is 774. The Hall–Kier alpha value is -2.18. The van der Waals surface area contributed by atoms with Gasteiger partial charge in [0.05, 0.1) is 31.3 Å². The fourth-order valence-electron chi connectivity index (χ4n) is 3.21. The van der Waals surface area contributed by atoms with Crippen LogP contribution in [0.15, 0.2) is 72.3 Å². The molecule has 1 fully saturated rings. The van der Waals surface area contributed by atoms with E-state index < -0.39 is 36.5 Å². The summed E-state index contributed by atoms with van der Waals surface area (Å²) in [5.74, 6) is -5.26. The van der Waals surface area contributed by atoms with E-state index in [1.807, 2.05) is 60.7 Å². The van der Waals surface area contributed by atoms with Crippen LogP contribution in [0.2, 0.25) is 0 Å². The van der Waals surface area contributed by atoms with Crippen LogP contribution in [-0.2, 0) is 22.7 Å². The fourth-order valence-corrected chi connectivity index (χ4v) is 3.21. The first-order chi connectivity index (χ1) is 13.5. The van der Waals surface area contributed by atoms with E-state index in [-0.39, 0.29) is 25.7 Å². The molecule has 2 nitrogen and oxygen atoms in total. The Morgan fingerprint density at radius 3 is 2.00 bits per heavy atom. The van der Waals surface area contributed by atoms with Crippen molar-refractivity contribution in [1.82, 2.24) is 0 Å². The maximum absolute atomic E-state index is 14.8. The molecule has 6 heteroatoms. The topological polar surface area (TPSA) is 18.5 Å². The molecule has 0 saturated heterocycles. The molecule has 0 spiro atoms. The quantitative estimate of drug-likeness (QED) is 0.526. The number of alkyl halides is 2. The molecule has 0 aromatic heterocycles. The van der Waals surface area contributed by atoms with Gasteiger partial charge in [0.2, 0.25) is 0 Å². The average molecular weight is 393 g/mol. The number of halogens is 4. The maximum Gasteiger partial charge on any atom is 0.282 e. The van der Waals surface area contributed by atoms with Gasteiger partial charge in [-0.15, -0.1) is 0 Å². The normalized spacial score (nSPS) is 19.6. The van der Waals surface area contributed by atoms with E-state index in [0.717, 1.165) is 11.1 Å². The molecule has 1 saturated carbocycles. The highest BCUT2D eigenvalue weighted by atomic mass is 19.3. The third kappa shape index (κ3) is 5.00. The standard InChI is InChI=1S/C22H21F4O2/c23-21(24)18-11-12-20(28-14-17-9-5-2-6-10-17)19(22(18,25)26)15-27-13-16-7-3-1-4-8-16/h1-10,19H,11-15H2. The molecule has 0 heterocycles. The summed E-state index contributed by atoms with van der Waals surface area (Å²) in [4.78, 5) is 0. The highest BCUT2D eigenvalue weighted by Gasteiger charge is 2.53. The number of benzene rings is 2. The van der Waals surface area contributed by atoms with Gasteiger partial charge in [-0.25, -0.2) is 8.78 Å². The third-order valence-electron chi connectivity index (χ3n) is 4.74. The summed E-state index contributed by atoms with van der Waals surface area (Å²) < 4.78 is 66.8. The lowest BCUT2D eigenvalue weighted by molar-refractivity contribution is -0.108. The molecule has 149 valence electrons. The Morgan fingerprint density at radius 1 is 0.857 bits per heavy atom. The molecule has 2 aromatic carbocycles. The van der Waals surface area contributed by atoms with Gasteiger partial charge in [0.25, 0.3) is 12.0 Å². The second-order valence-corrected chi connectivity index (χ2v) is 6.66. The van der Waals surface area contributed by atoms with Crippen LogP contribution in [0.3, 0.4) is 0 Å². The predicted molar refractivity (Wildman–Crippen MR) is 97.5 cm³/mol. The summed E-state index contributed by atoms with van der Waals surface area (Å²) in [7, 11) is 0. The van der Waals surface area contributed by atoms with E-state index in [9.17, 15) is 17.6 Å². The number of ether oxygens (including phenoxy) is 2. The first kappa shape index (κ1) is 20.6. The Morgan fingerprint density at radius 2 is 1.43 bits per heavy atom. The molecular formula is C22H21F4O2. The minimum Gasteiger partial charge on any atom is -0.376 e. The van der Waals surface area contributed by atoms with Crippen LogP contribution in [0.4, 0.5) is 17.6 Å². The minimum absolute atomic E-state index is 0.0223. The number of hydrogen-bond donors (Lipinski definition) is 0. The van der Waals surface area contributed by atoms with E-state index in [0.29, 0.717) is 0 Å². The zero-order chi connectivity index (χ0) is 20.0. The monoisotopic (exact) mass is 393 g/mol. The largest absolute Gasteiger partial charge is 0.376 e. The van der Waals surface area contributed by atoms with Gasteiger partial charge in [0, 0.05) is 0 Å². The molecule has 3 rings (SSSR count). The molecule has 1 aliphatic carbocycles. The second kappa shape index (κ2) is 9.34. The molecule has 1 unspecified atom stereocenters. The van der Waals surface area contributed by atoms with Crippen LogP contribution in [0.1, 0.15) is 24.0 Å². The van der Waals surface area contributed by atoms with Crippen molar-refractivity contribution in [3.05, 3.63) is 89.5 Å². The molecule has 1 aliphatic rings. The van der Waals surface area contributed by atoms with Crippen LogP contribution in [0.5, 0.6) is 0 Å². The molecule has 0 aliphatic heterocycles. The van der Waals surface area contributed by atoms with Crippen molar-refractivity contribution in [2.24, 2.45) is 5.92 Å². The van der Waals surface area contributed by atoms with Crippen LogP contribution >= 0.6 is 0 Å². The van der Waals surface area contributed by atoms with Crippen molar-refractivity contribution in [2.75, 3.05) is 6.61 Å². The van der Waals surface area contributed by atoms with Crippen molar-refractivity contribution < 1.29 is 27.0 Å². The first-order valence-corrected chi connectivity index (χ1v) is 9.05. The van der Waals surface area contributed by atoms with Crippen LogP contribution < -0.4 is 0 Å². The summed E-state index contributed by atoms with van der Waals surface area (Å²) in [5, 5.41) is 0. The lowest BCUT2D eigenvalue weighted by Gasteiger charge is -2.38. The van der Waals surface area contributed by atoms with E-state index in [1.54, 1.807) is 0 Å². The third-order valence-corrected chi connectivity index (χ3v) is 4.74. The molecule has 1 atom stereocenters. The smallest absolute Gasteiger partial charge is 0.282 e. The SMILES string of the molecule is FC(F)=C1CC[C](OCc2ccccc2)C(COCc2ccccc2)C1(F)F. The summed E-state index contributed by atoms with van der Waals surface area (Å²) in [6, 6.07) is 18.2. The Balaban J connectivity index is 1.70. The zero-order valence-electron chi connectivity index (χ0n) is 15.2. The second-order valence-electron chi connectivity index (χ2n) is 6.66. The maximum atomic E-state index is 14.8. The molecule has 1 radical (unpaired) electrons. The summed E-state index contributed by atoms with van der Waals surface area (Å²) in [5.41, 5.74) is 0.522. The zero-order valence-corrected chi connectivity index (χ0v) is 15.2. The van der Waals surface area contributed by atoms with E-state index in [1.165, 1.54) is 0 Å². The van der Waals surface area contributed by atoms with Crippen LogP contribution in [0.25, 0.3) is 0 Å². The minimum atomic E-state index is -3.71. The van der Waals surface area contributed by atoms with Crippen LogP contribution in [-0.4, -0.2) is 12.5 Å². The Labute approximate surface area is 161 Å². The van der Waals surface area contributed by atoms with Crippen molar-refractivity contribution in [3.63, 3.8) is 0 Å². The molecule has 28 heavy (non-hydrogen) atoms. The van der Waals surface area contributed by atoms with E-state index in [4.69, 9.17) is 9.47 Å². The van der Waals surface area contributed by atoms with Gasteiger partial charge in [0.1, 0.15) is 6.10 Å². The summed E-state index contributed by atoms with van der Waals surface area (Å²) in [6.45, 7) is -0.169. The number of hydrogen-bond acceptors (Lipinski definition) is 2. The van der Waals surface area contributed by atoms with Gasteiger partial charge in [0.15, 0.2) is 0 Å². The van der Waals surface area contributed by atoms with E-state index in [2.05, 4.69) is 0 Å². The molecule has 0 bridgehead atoms. The number of rotatable bonds is 7. The van der Waals surface area contributed by atoms with Gasteiger partial charge < -0.3 is 9.47 Å². The first-order valence-electron chi connectivity index (χ1n) is 9.05. The van der Waals surface area contributed by atoms with Gasteiger partial charge in [-0.2, -0.15) is 8.78 Å². The predicted octanol–water partition coefficient (Wildman–Crippen LogP) is 6.15. The van der Waals surface area contributed by atoms with E-state index >= 15 is 0 Å². The Kier molecular flexibility index (Phi) is 6.86. The fraction of sp³-hybridized carbons (Fsp3) is 0.318. The lowest BCUT2D eigenvalue weighted by Crippen LogP contribution is -2.43. The van der Waals surface area contributed by atoms with Gasteiger partial charge in [-0.05, 0) is 24.0 Å². The van der Waals surface area contributed by atoms with Crippen molar-refractivity contribution in [2.45, 2.75) is 32.0 Å². The molecule has 2 aromatic rings. The lowest BCUT2D eigenvalue weighted by atomic mass is 9.80. The highest BCUT2D eigenvalue weighted by Crippen LogP contribution is 2.49. The summed E-state index contributed by atoms with van der Waals surface area (Å²) in [6.07, 6.45) is -2.62. The average Bonchev–Trinajstić information content (AvgIpc) is 2.69. The van der Waals surface area contributed by atoms with Crippen molar-refractivity contribution >= 4 is 0 Å². The van der Waals surface area contributed by atoms with Gasteiger partial charge in [-0.3, -0.25) is 0 Å². The molecule has 0 N–H and O–H groups in total.